The molecule has 1 aliphatic rings. The molecule has 0 spiro atoms. The molecule has 0 amide bonds. The molecule has 1 N–H and O–H groups in total. The fraction of sp³-hybridized carbons (Fsp3) is 0.250. The van der Waals surface area contributed by atoms with Crippen molar-refractivity contribution in [3.8, 4) is 11.1 Å². The second-order valence-electron chi connectivity index (χ2n) is 6.92. The fourth-order valence-electron chi connectivity index (χ4n) is 3.44. The first-order valence-electron chi connectivity index (χ1n) is 8.90. The van der Waals surface area contributed by atoms with Crippen molar-refractivity contribution in [2.75, 3.05) is 0 Å². The third kappa shape index (κ3) is 2.63. The van der Waals surface area contributed by atoms with E-state index in [2.05, 4.69) is 20.1 Å². The van der Waals surface area contributed by atoms with Crippen LogP contribution in [0.15, 0.2) is 35.1 Å². The number of aryl methyl sites for hydroxylation is 2. The van der Waals surface area contributed by atoms with Crippen LogP contribution < -0.4 is 0 Å². The van der Waals surface area contributed by atoms with Gasteiger partial charge in [0, 0.05) is 23.9 Å². The predicted molar refractivity (Wildman–Crippen MR) is 98.5 cm³/mol. The average molecular weight is 359 g/mol. The number of imidazole rings is 1. The zero-order chi connectivity index (χ0) is 18.5. The van der Waals surface area contributed by atoms with E-state index in [1.165, 1.54) is 0 Å². The van der Waals surface area contributed by atoms with Gasteiger partial charge in [0.25, 0.3) is 0 Å². The van der Waals surface area contributed by atoms with Crippen molar-refractivity contribution in [1.29, 1.82) is 0 Å². The van der Waals surface area contributed by atoms with Gasteiger partial charge >= 0.3 is 0 Å². The Morgan fingerprint density at radius 1 is 1.19 bits per heavy atom. The number of rotatable bonds is 4. The number of carbonyl (C=O) groups excluding carboxylic acids is 1. The number of H-pyrrole nitrogens is 1. The second-order valence-corrected chi connectivity index (χ2v) is 6.92. The Morgan fingerprint density at radius 3 is 2.63 bits per heavy atom. The van der Waals surface area contributed by atoms with Gasteiger partial charge in [-0.1, -0.05) is 5.16 Å². The number of fused-ring (bicyclic) bond motifs is 1. The molecule has 1 aliphatic carbocycles. The summed E-state index contributed by atoms with van der Waals surface area (Å²) in [6.07, 6.45) is 5.38. The van der Waals surface area contributed by atoms with Crippen LogP contribution in [0.25, 0.3) is 22.2 Å². The van der Waals surface area contributed by atoms with Crippen LogP contribution in [0.5, 0.6) is 0 Å². The van der Waals surface area contributed by atoms with E-state index in [0.29, 0.717) is 22.8 Å². The number of aromatic amines is 1. The van der Waals surface area contributed by atoms with Crippen molar-refractivity contribution in [3.63, 3.8) is 0 Å². The van der Waals surface area contributed by atoms with E-state index in [4.69, 9.17) is 9.51 Å². The molecule has 3 heterocycles. The smallest absolute Gasteiger partial charge is 0.232 e. The molecule has 134 valence electrons. The summed E-state index contributed by atoms with van der Waals surface area (Å²) < 4.78 is 5.31. The van der Waals surface area contributed by atoms with Gasteiger partial charge in [0.15, 0.2) is 0 Å². The Morgan fingerprint density at radius 2 is 1.96 bits per heavy atom. The van der Waals surface area contributed by atoms with Gasteiger partial charge < -0.3 is 9.51 Å². The van der Waals surface area contributed by atoms with Crippen LogP contribution in [-0.4, -0.2) is 30.9 Å². The first-order chi connectivity index (χ1) is 13.1. The molecule has 7 nitrogen and oxygen atoms in total. The molecule has 5 rings (SSSR count). The molecular formula is C20H17N5O2. The minimum absolute atomic E-state index is 0.158. The van der Waals surface area contributed by atoms with Crippen LogP contribution in [0, 0.1) is 13.8 Å². The zero-order valence-corrected chi connectivity index (χ0v) is 15.0. The van der Waals surface area contributed by atoms with E-state index in [9.17, 15) is 4.79 Å². The van der Waals surface area contributed by atoms with Crippen LogP contribution in [0.4, 0.5) is 0 Å². The summed E-state index contributed by atoms with van der Waals surface area (Å²) >= 11 is 0. The molecule has 0 aliphatic heterocycles. The van der Waals surface area contributed by atoms with Crippen molar-refractivity contribution in [2.45, 2.75) is 32.6 Å². The van der Waals surface area contributed by atoms with Gasteiger partial charge in [0.1, 0.15) is 11.6 Å². The Labute approximate surface area is 154 Å². The lowest BCUT2D eigenvalue weighted by Crippen LogP contribution is -2.07. The van der Waals surface area contributed by atoms with Gasteiger partial charge in [-0.25, -0.2) is 15.0 Å². The van der Waals surface area contributed by atoms with Crippen molar-refractivity contribution in [3.05, 3.63) is 59.3 Å². The van der Waals surface area contributed by atoms with Gasteiger partial charge in [-0.3, -0.25) is 4.79 Å². The van der Waals surface area contributed by atoms with Crippen LogP contribution in [-0.2, 0) is 0 Å². The molecule has 0 saturated heterocycles. The molecule has 0 bridgehead atoms. The van der Waals surface area contributed by atoms with E-state index in [0.717, 1.165) is 41.0 Å². The highest BCUT2D eigenvalue weighted by molar-refractivity contribution is 6.14. The average Bonchev–Trinajstić information content (AvgIpc) is 3.36. The number of benzene rings is 1. The van der Waals surface area contributed by atoms with E-state index in [1.807, 2.05) is 26.0 Å². The molecule has 0 radical (unpaired) electrons. The molecule has 0 atom stereocenters. The summed E-state index contributed by atoms with van der Waals surface area (Å²) in [5.74, 6) is 2.01. The summed E-state index contributed by atoms with van der Waals surface area (Å²) in [5, 5.41) is 4.04. The minimum Gasteiger partial charge on any atom is -0.361 e. The maximum Gasteiger partial charge on any atom is 0.232 e. The Hall–Kier alpha value is -3.35. The number of hydrogen-bond donors (Lipinski definition) is 1. The number of nitrogens with one attached hydrogen (secondary N) is 1. The van der Waals surface area contributed by atoms with E-state index in [1.54, 1.807) is 18.5 Å². The maximum atomic E-state index is 13.1. The highest BCUT2D eigenvalue weighted by atomic mass is 16.5. The lowest BCUT2D eigenvalue weighted by atomic mass is 9.98. The highest BCUT2D eigenvalue weighted by Crippen LogP contribution is 2.40. The number of aromatic nitrogens is 5. The van der Waals surface area contributed by atoms with Crippen LogP contribution in [0.1, 0.15) is 52.2 Å². The fourth-order valence-corrected chi connectivity index (χ4v) is 3.44. The van der Waals surface area contributed by atoms with E-state index in [-0.39, 0.29) is 11.6 Å². The lowest BCUT2D eigenvalue weighted by molar-refractivity contribution is 0.103. The number of ketones is 1. The van der Waals surface area contributed by atoms with Crippen molar-refractivity contribution < 1.29 is 9.32 Å². The SMILES string of the molecule is Cc1noc(C)c1-c1cc(C(=O)c2ncccn2)c2nc(C3CC3)[nH]c2c1. The Balaban J connectivity index is 1.75. The molecular weight excluding hydrogens is 342 g/mol. The number of hydrogen-bond acceptors (Lipinski definition) is 6. The van der Waals surface area contributed by atoms with Crippen molar-refractivity contribution >= 4 is 16.8 Å². The predicted octanol–water partition coefficient (Wildman–Crippen LogP) is 3.73. The molecule has 1 saturated carbocycles. The number of carbonyl (C=O) groups is 1. The quantitative estimate of drug-likeness (QED) is 0.558. The normalized spacial score (nSPS) is 14.0. The zero-order valence-electron chi connectivity index (χ0n) is 15.0. The van der Waals surface area contributed by atoms with Gasteiger partial charge in [0.05, 0.1) is 22.3 Å². The van der Waals surface area contributed by atoms with Crippen LogP contribution >= 0.6 is 0 Å². The van der Waals surface area contributed by atoms with E-state index >= 15 is 0 Å². The van der Waals surface area contributed by atoms with Crippen LogP contribution in [0.3, 0.4) is 0 Å². The van der Waals surface area contributed by atoms with Gasteiger partial charge in [0.2, 0.25) is 11.6 Å². The van der Waals surface area contributed by atoms with Gasteiger partial charge in [-0.05, 0) is 50.5 Å². The van der Waals surface area contributed by atoms with E-state index < -0.39 is 0 Å². The summed E-state index contributed by atoms with van der Waals surface area (Å²) in [5.41, 5.74) is 4.50. The molecule has 4 aromatic rings. The highest BCUT2D eigenvalue weighted by Gasteiger charge is 2.29. The summed E-state index contributed by atoms with van der Waals surface area (Å²) in [4.78, 5) is 29.5. The molecule has 7 heteroatoms. The summed E-state index contributed by atoms with van der Waals surface area (Å²) in [6.45, 7) is 3.75. The minimum atomic E-state index is -0.247. The third-order valence-electron chi connectivity index (χ3n) is 4.90. The first kappa shape index (κ1) is 15.9. The molecule has 27 heavy (non-hydrogen) atoms. The molecule has 1 aromatic carbocycles. The molecule has 1 fully saturated rings. The molecule has 0 unspecified atom stereocenters. The Bertz CT molecular complexity index is 1150. The first-order valence-corrected chi connectivity index (χ1v) is 8.90. The topological polar surface area (TPSA) is 97.6 Å². The third-order valence-corrected chi connectivity index (χ3v) is 4.90. The maximum absolute atomic E-state index is 13.1. The second kappa shape index (κ2) is 5.84. The van der Waals surface area contributed by atoms with Crippen molar-refractivity contribution in [2.24, 2.45) is 0 Å². The summed E-state index contributed by atoms with van der Waals surface area (Å²) in [6, 6.07) is 5.53. The standard InChI is InChI=1S/C20H17N5O2/c1-10-16(11(2)27-25-10)13-8-14(18(26)20-21-6-3-7-22-20)17-15(9-13)23-19(24-17)12-4-5-12/h3,6-9,12H,4-5H2,1-2H3,(H,23,24). The summed E-state index contributed by atoms with van der Waals surface area (Å²) in [7, 11) is 0. The van der Waals surface area contributed by atoms with Crippen molar-refractivity contribution in [1.82, 2.24) is 25.1 Å². The Kier molecular flexibility index (Phi) is 3.43. The van der Waals surface area contributed by atoms with Crippen LogP contribution in [0.2, 0.25) is 0 Å². The lowest BCUT2D eigenvalue weighted by Gasteiger charge is -2.06. The molecule has 3 aromatic heterocycles. The monoisotopic (exact) mass is 359 g/mol. The van der Waals surface area contributed by atoms with Gasteiger partial charge in [-0.15, -0.1) is 0 Å². The van der Waals surface area contributed by atoms with Gasteiger partial charge in [-0.2, -0.15) is 0 Å². The largest absolute Gasteiger partial charge is 0.361 e. The number of nitrogens with zero attached hydrogens (tertiary/aromatic N) is 4.